The van der Waals surface area contributed by atoms with Crippen molar-refractivity contribution in [3.8, 4) is 0 Å². The molecule has 2 atom stereocenters. The second kappa shape index (κ2) is 7.61. The first kappa shape index (κ1) is 15.3. The van der Waals surface area contributed by atoms with E-state index in [-0.39, 0.29) is 0 Å². The minimum Gasteiger partial charge on any atom is -0.311 e. The van der Waals surface area contributed by atoms with Gasteiger partial charge in [-0.05, 0) is 65.2 Å². The number of nitrogens with one attached hydrogen (secondary N) is 1. The molecule has 0 spiro atoms. The molecular weight excluding hydrogens is 234 g/mol. The third kappa shape index (κ3) is 4.73. The van der Waals surface area contributed by atoms with Crippen LogP contribution in [0.3, 0.4) is 0 Å². The highest BCUT2D eigenvalue weighted by molar-refractivity contribution is 4.84. The average Bonchev–Trinajstić information content (AvgIpc) is 2.41. The molecule has 112 valence electrons. The van der Waals surface area contributed by atoms with Crippen molar-refractivity contribution in [2.24, 2.45) is 5.92 Å². The van der Waals surface area contributed by atoms with E-state index in [0.717, 1.165) is 18.0 Å². The van der Waals surface area contributed by atoms with Gasteiger partial charge in [0.25, 0.3) is 0 Å². The minimum absolute atomic E-state index is 0.722. The number of hydrogen-bond acceptors (Lipinski definition) is 3. The van der Waals surface area contributed by atoms with Crippen LogP contribution in [0, 0.1) is 5.92 Å². The quantitative estimate of drug-likeness (QED) is 0.824. The summed E-state index contributed by atoms with van der Waals surface area (Å²) in [4.78, 5) is 5.20. The van der Waals surface area contributed by atoms with Crippen LogP contribution in [0.2, 0.25) is 0 Å². The van der Waals surface area contributed by atoms with Crippen molar-refractivity contribution in [3.05, 3.63) is 0 Å². The predicted molar refractivity (Wildman–Crippen MR) is 82.6 cm³/mol. The molecule has 2 heterocycles. The molecule has 1 N–H and O–H groups in total. The number of piperazine rings is 1. The lowest BCUT2D eigenvalue weighted by Gasteiger charge is -2.40. The van der Waals surface area contributed by atoms with E-state index in [9.17, 15) is 0 Å². The molecule has 0 bridgehead atoms. The van der Waals surface area contributed by atoms with Crippen molar-refractivity contribution in [3.63, 3.8) is 0 Å². The van der Waals surface area contributed by atoms with Crippen molar-refractivity contribution in [2.75, 3.05) is 39.8 Å². The second-order valence-corrected chi connectivity index (χ2v) is 6.77. The summed E-state index contributed by atoms with van der Waals surface area (Å²) >= 11 is 0. The Balaban J connectivity index is 1.71. The van der Waals surface area contributed by atoms with Gasteiger partial charge in [-0.25, -0.2) is 0 Å². The van der Waals surface area contributed by atoms with Gasteiger partial charge in [0, 0.05) is 25.2 Å². The van der Waals surface area contributed by atoms with Gasteiger partial charge in [0.05, 0.1) is 0 Å². The van der Waals surface area contributed by atoms with Crippen LogP contribution in [0.1, 0.15) is 46.0 Å². The summed E-state index contributed by atoms with van der Waals surface area (Å²) in [7, 11) is 2.25. The third-order valence-electron chi connectivity index (χ3n) is 5.08. The molecule has 0 aliphatic carbocycles. The SMILES string of the molecule is CCCC1CN(CCC2CCN(C)CC2)C(C)CN1. The Morgan fingerprint density at radius 3 is 2.58 bits per heavy atom. The molecule has 3 nitrogen and oxygen atoms in total. The van der Waals surface area contributed by atoms with Gasteiger partial charge in [0.1, 0.15) is 0 Å². The van der Waals surface area contributed by atoms with Crippen molar-refractivity contribution in [2.45, 2.75) is 58.0 Å². The van der Waals surface area contributed by atoms with Crippen LogP contribution in [0.4, 0.5) is 0 Å². The molecule has 2 aliphatic rings. The van der Waals surface area contributed by atoms with E-state index in [1.54, 1.807) is 0 Å². The van der Waals surface area contributed by atoms with Gasteiger partial charge >= 0.3 is 0 Å². The Hall–Kier alpha value is -0.120. The summed E-state index contributed by atoms with van der Waals surface area (Å²) in [6.07, 6.45) is 6.87. The molecule has 2 fully saturated rings. The molecule has 0 radical (unpaired) electrons. The van der Waals surface area contributed by atoms with E-state index in [4.69, 9.17) is 0 Å². The van der Waals surface area contributed by atoms with E-state index < -0.39 is 0 Å². The minimum atomic E-state index is 0.722. The summed E-state index contributed by atoms with van der Waals surface area (Å²) in [5, 5.41) is 3.70. The van der Waals surface area contributed by atoms with Crippen LogP contribution in [0.25, 0.3) is 0 Å². The molecule has 2 unspecified atom stereocenters. The lowest BCUT2D eigenvalue weighted by molar-refractivity contribution is 0.118. The third-order valence-corrected chi connectivity index (χ3v) is 5.08. The highest BCUT2D eigenvalue weighted by Crippen LogP contribution is 2.21. The molecule has 0 aromatic rings. The van der Waals surface area contributed by atoms with Crippen LogP contribution in [-0.4, -0.2) is 61.7 Å². The smallest absolute Gasteiger partial charge is 0.0195 e. The fourth-order valence-electron chi connectivity index (χ4n) is 3.55. The largest absolute Gasteiger partial charge is 0.311 e. The summed E-state index contributed by atoms with van der Waals surface area (Å²) in [5.74, 6) is 0.975. The summed E-state index contributed by atoms with van der Waals surface area (Å²) in [6.45, 7) is 11.0. The Morgan fingerprint density at radius 2 is 1.89 bits per heavy atom. The maximum Gasteiger partial charge on any atom is 0.0195 e. The van der Waals surface area contributed by atoms with Crippen molar-refractivity contribution in [1.29, 1.82) is 0 Å². The maximum atomic E-state index is 3.70. The van der Waals surface area contributed by atoms with Crippen LogP contribution >= 0.6 is 0 Å². The molecule has 0 amide bonds. The molecule has 2 aliphatic heterocycles. The van der Waals surface area contributed by atoms with Gasteiger partial charge in [-0.2, -0.15) is 0 Å². The Bertz CT molecular complexity index is 248. The van der Waals surface area contributed by atoms with Gasteiger partial charge in [-0.3, -0.25) is 4.90 Å². The lowest BCUT2D eigenvalue weighted by Crippen LogP contribution is -2.55. The first-order valence-electron chi connectivity index (χ1n) is 8.35. The number of hydrogen-bond donors (Lipinski definition) is 1. The van der Waals surface area contributed by atoms with Crippen LogP contribution < -0.4 is 5.32 Å². The van der Waals surface area contributed by atoms with Gasteiger partial charge in [0.15, 0.2) is 0 Å². The second-order valence-electron chi connectivity index (χ2n) is 6.77. The summed E-state index contributed by atoms with van der Waals surface area (Å²) in [5.41, 5.74) is 0. The van der Waals surface area contributed by atoms with Crippen LogP contribution in [0.5, 0.6) is 0 Å². The summed E-state index contributed by atoms with van der Waals surface area (Å²) < 4.78 is 0. The standard InChI is InChI=1S/C16H33N3/c1-4-5-16-13-19(14(2)12-17-16)11-8-15-6-9-18(3)10-7-15/h14-17H,4-13H2,1-3H3. The van der Waals surface area contributed by atoms with Gasteiger partial charge < -0.3 is 10.2 Å². The number of piperidine rings is 1. The monoisotopic (exact) mass is 267 g/mol. The van der Waals surface area contributed by atoms with Crippen molar-refractivity contribution >= 4 is 0 Å². The Labute approximate surface area is 119 Å². The maximum absolute atomic E-state index is 3.70. The highest BCUT2D eigenvalue weighted by Gasteiger charge is 2.25. The molecule has 0 saturated carbocycles. The Morgan fingerprint density at radius 1 is 1.16 bits per heavy atom. The molecule has 2 saturated heterocycles. The van der Waals surface area contributed by atoms with E-state index in [1.807, 2.05) is 0 Å². The fraction of sp³-hybridized carbons (Fsp3) is 1.00. The van der Waals surface area contributed by atoms with Gasteiger partial charge in [-0.15, -0.1) is 0 Å². The number of rotatable bonds is 5. The molecule has 0 aromatic carbocycles. The Kier molecular flexibility index (Phi) is 6.11. The zero-order valence-electron chi connectivity index (χ0n) is 13.2. The molecule has 0 aromatic heterocycles. The molecule has 3 heteroatoms. The summed E-state index contributed by atoms with van der Waals surface area (Å²) in [6, 6.07) is 1.46. The topological polar surface area (TPSA) is 18.5 Å². The fourth-order valence-corrected chi connectivity index (χ4v) is 3.55. The predicted octanol–water partition coefficient (Wildman–Crippen LogP) is 2.18. The van der Waals surface area contributed by atoms with E-state index in [1.165, 1.54) is 64.8 Å². The number of nitrogens with zero attached hydrogens (tertiary/aromatic N) is 2. The van der Waals surface area contributed by atoms with Gasteiger partial charge in [-0.1, -0.05) is 13.3 Å². The zero-order chi connectivity index (χ0) is 13.7. The normalized spacial score (nSPS) is 31.7. The number of likely N-dealkylation sites (tertiary alicyclic amines) is 1. The zero-order valence-corrected chi connectivity index (χ0v) is 13.2. The van der Waals surface area contributed by atoms with Crippen molar-refractivity contribution in [1.82, 2.24) is 15.1 Å². The van der Waals surface area contributed by atoms with Crippen LogP contribution in [0.15, 0.2) is 0 Å². The molecular formula is C16H33N3. The van der Waals surface area contributed by atoms with E-state index in [0.29, 0.717) is 0 Å². The highest BCUT2D eigenvalue weighted by atomic mass is 15.2. The first-order valence-corrected chi connectivity index (χ1v) is 8.35. The molecule has 19 heavy (non-hydrogen) atoms. The van der Waals surface area contributed by atoms with Gasteiger partial charge in [0.2, 0.25) is 0 Å². The van der Waals surface area contributed by atoms with Crippen LogP contribution in [-0.2, 0) is 0 Å². The van der Waals surface area contributed by atoms with E-state index in [2.05, 4.69) is 36.0 Å². The van der Waals surface area contributed by atoms with Crippen molar-refractivity contribution < 1.29 is 0 Å². The first-order chi connectivity index (χ1) is 9.19. The average molecular weight is 267 g/mol. The van der Waals surface area contributed by atoms with E-state index >= 15 is 0 Å². The lowest BCUT2D eigenvalue weighted by atomic mass is 9.93. The molecule has 2 rings (SSSR count).